The lowest BCUT2D eigenvalue weighted by Crippen LogP contribution is -2.33. The van der Waals surface area contributed by atoms with Crippen LogP contribution in [0.3, 0.4) is 0 Å². The summed E-state index contributed by atoms with van der Waals surface area (Å²) in [5.74, 6) is 0. The Hall–Kier alpha value is -0.965. The highest BCUT2D eigenvalue weighted by Gasteiger charge is 2.25. The maximum Gasteiger partial charge on any atom is 0.509 e. The van der Waals surface area contributed by atoms with Gasteiger partial charge in [0.2, 0.25) is 0 Å². The largest absolute Gasteiger partial charge is 0.509 e. The van der Waals surface area contributed by atoms with Gasteiger partial charge in [0.05, 0.1) is 0 Å². The summed E-state index contributed by atoms with van der Waals surface area (Å²) < 4.78 is 38.2. The van der Waals surface area contributed by atoms with Crippen LogP contribution in [-0.4, -0.2) is 6.98 Å². The van der Waals surface area contributed by atoms with E-state index in [2.05, 4.69) is 0 Å². The van der Waals surface area contributed by atoms with Crippen LogP contribution in [-0.2, 0) is 0 Å². The molecule has 0 saturated heterocycles. The predicted octanol–water partition coefficient (Wildman–Crippen LogP) is 3.26. The second-order valence-electron chi connectivity index (χ2n) is 3.25. The summed E-state index contributed by atoms with van der Waals surface area (Å²) in [5, 5.41) is 2.59. The summed E-state index contributed by atoms with van der Waals surface area (Å²) in [4.78, 5) is 0. The monoisotopic (exact) mass is 215 g/mol. The van der Waals surface area contributed by atoms with Crippen molar-refractivity contribution in [1.29, 1.82) is 0 Å². The number of thiophene rings is 1. The number of hydrogen-bond donors (Lipinski definition) is 0. The van der Waals surface area contributed by atoms with Crippen LogP contribution in [0.4, 0.5) is 12.9 Å². The average molecular weight is 215 g/mol. The molecule has 0 fully saturated rings. The molecule has 0 bridgehead atoms. The topological polar surface area (TPSA) is 0 Å². The van der Waals surface area contributed by atoms with Gasteiger partial charge in [0.1, 0.15) is 0 Å². The minimum absolute atomic E-state index is 0.515. The van der Waals surface area contributed by atoms with Crippen molar-refractivity contribution in [1.82, 2.24) is 0 Å². The third-order valence-electron chi connectivity index (χ3n) is 2.17. The highest BCUT2D eigenvalue weighted by atomic mass is 32.1. The molecule has 5 heteroatoms. The van der Waals surface area contributed by atoms with Crippen LogP contribution in [0.15, 0.2) is 23.6 Å². The van der Waals surface area contributed by atoms with Gasteiger partial charge < -0.3 is 12.9 Å². The second kappa shape index (κ2) is 3.02. The smallest absolute Gasteiger partial charge is 0.445 e. The van der Waals surface area contributed by atoms with E-state index in [-0.39, 0.29) is 0 Å². The lowest BCUT2D eigenvalue weighted by atomic mass is 9.79. The highest BCUT2D eigenvalue weighted by Crippen LogP contribution is 2.25. The van der Waals surface area contributed by atoms with Gasteiger partial charge in [-0.25, -0.2) is 0 Å². The Balaban J connectivity index is 2.66. The van der Waals surface area contributed by atoms with Gasteiger partial charge in [-0.3, -0.25) is 0 Å². The van der Waals surface area contributed by atoms with E-state index in [0.717, 1.165) is 16.3 Å². The summed E-state index contributed by atoms with van der Waals surface area (Å²) in [6.07, 6.45) is 0. The zero-order valence-corrected chi connectivity index (χ0v) is 8.25. The van der Waals surface area contributed by atoms with E-state index in [0.29, 0.717) is 5.39 Å². The van der Waals surface area contributed by atoms with Gasteiger partial charge >= 0.3 is 6.98 Å². The van der Waals surface area contributed by atoms with Crippen LogP contribution in [0.2, 0.25) is 0 Å². The normalized spacial score (nSPS) is 12.3. The summed E-state index contributed by atoms with van der Waals surface area (Å²) in [6, 6.07) is 3.93. The Labute approximate surface area is 83.4 Å². The molecule has 0 aliphatic heterocycles. The fourth-order valence-electron chi connectivity index (χ4n) is 1.38. The van der Waals surface area contributed by atoms with Crippen molar-refractivity contribution < 1.29 is 12.9 Å². The average Bonchev–Trinajstić information content (AvgIpc) is 2.46. The first kappa shape index (κ1) is 9.58. The fourth-order valence-corrected chi connectivity index (χ4v) is 2.30. The number of halogens is 3. The molecule has 2 aromatic rings. The maximum absolute atomic E-state index is 12.4. The molecule has 1 heterocycles. The molecule has 74 valence electrons. The third-order valence-corrected chi connectivity index (χ3v) is 3.25. The molecule has 0 N–H and O–H groups in total. The minimum Gasteiger partial charge on any atom is -0.445 e. The molecule has 0 atom stereocenters. The van der Waals surface area contributed by atoms with Crippen LogP contribution in [0.5, 0.6) is 0 Å². The Bertz CT molecular complexity index is 472. The highest BCUT2D eigenvalue weighted by molar-refractivity contribution is 7.17. The molecular weight excluding hydrogens is 208 g/mol. The Kier molecular flexibility index (Phi) is 2.07. The molecule has 2 rings (SSSR count). The molecule has 0 aliphatic rings. The summed E-state index contributed by atoms with van der Waals surface area (Å²) in [6.45, 7) is -3.05. The van der Waals surface area contributed by atoms with E-state index in [1.54, 1.807) is 0 Å². The molecule has 0 nitrogen and oxygen atoms in total. The van der Waals surface area contributed by atoms with Crippen molar-refractivity contribution in [2.24, 2.45) is 0 Å². The summed E-state index contributed by atoms with van der Waals surface area (Å²) in [7, 11) is 0. The molecule has 1 aromatic heterocycles. The van der Waals surface area contributed by atoms with Crippen LogP contribution in [0, 0.1) is 6.92 Å². The van der Waals surface area contributed by atoms with Crippen molar-refractivity contribution in [3.05, 3.63) is 29.1 Å². The Morgan fingerprint density at radius 2 is 1.93 bits per heavy atom. The quantitative estimate of drug-likeness (QED) is 0.640. The second-order valence-corrected chi connectivity index (χ2v) is 4.16. The first-order chi connectivity index (χ1) is 6.48. The molecule has 1 aromatic carbocycles. The van der Waals surface area contributed by atoms with Crippen molar-refractivity contribution in [3.8, 4) is 0 Å². The number of aryl methyl sites for hydroxylation is 1. The van der Waals surface area contributed by atoms with Crippen LogP contribution in [0.1, 0.15) is 5.56 Å². The van der Waals surface area contributed by atoms with Gasteiger partial charge in [0.15, 0.2) is 0 Å². The van der Waals surface area contributed by atoms with E-state index < -0.39 is 12.4 Å². The minimum atomic E-state index is -4.88. The first-order valence-corrected chi connectivity index (χ1v) is 5.04. The van der Waals surface area contributed by atoms with E-state index in [1.807, 2.05) is 12.3 Å². The number of fused-ring (bicyclic) bond motifs is 1. The van der Waals surface area contributed by atoms with Crippen molar-refractivity contribution >= 4 is 33.9 Å². The predicted molar refractivity (Wildman–Crippen MR) is 55.3 cm³/mol. The molecule has 0 saturated carbocycles. The zero-order valence-electron chi connectivity index (χ0n) is 7.43. The van der Waals surface area contributed by atoms with Crippen molar-refractivity contribution in [3.63, 3.8) is 0 Å². The van der Waals surface area contributed by atoms with Gasteiger partial charge in [-0.05, 0) is 29.3 Å². The van der Waals surface area contributed by atoms with Gasteiger partial charge in [0.25, 0.3) is 0 Å². The number of benzene rings is 1. The molecule has 0 radical (unpaired) electrons. The van der Waals surface area contributed by atoms with Crippen LogP contribution >= 0.6 is 11.3 Å². The molecular formula is C9H7BF3S-. The zero-order chi connectivity index (χ0) is 10.3. The van der Waals surface area contributed by atoms with Crippen LogP contribution < -0.4 is 5.46 Å². The summed E-state index contributed by atoms with van der Waals surface area (Å²) in [5.41, 5.74) is 0.394. The number of rotatable bonds is 1. The fraction of sp³-hybridized carbons (Fsp3) is 0.111. The van der Waals surface area contributed by atoms with Gasteiger partial charge in [-0.1, -0.05) is 12.1 Å². The van der Waals surface area contributed by atoms with Crippen molar-refractivity contribution in [2.75, 3.05) is 0 Å². The third kappa shape index (κ3) is 1.52. The Morgan fingerprint density at radius 3 is 2.57 bits per heavy atom. The standard InChI is InChI=1S/C9H7BF3S/c1-6-5-14-9-3-2-7(4-8(6)9)10(11,12)13/h2-5H,1H3/q-1. The SMILES string of the molecule is Cc1csc2ccc([B-](F)(F)F)cc12. The molecule has 0 aliphatic carbocycles. The van der Waals surface area contributed by atoms with E-state index in [1.165, 1.54) is 23.5 Å². The summed E-state index contributed by atoms with van der Waals surface area (Å²) >= 11 is 1.47. The molecule has 0 spiro atoms. The van der Waals surface area contributed by atoms with Crippen molar-refractivity contribution in [2.45, 2.75) is 6.92 Å². The molecule has 14 heavy (non-hydrogen) atoms. The molecule has 0 unspecified atom stereocenters. The Morgan fingerprint density at radius 1 is 1.21 bits per heavy atom. The lowest BCUT2D eigenvalue weighted by molar-refractivity contribution is 0.501. The number of hydrogen-bond acceptors (Lipinski definition) is 1. The lowest BCUT2D eigenvalue weighted by Gasteiger charge is -2.14. The first-order valence-electron chi connectivity index (χ1n) is 4.16. The van der Waals surface area contributed by atoms with E-state index in [9.17, 15) is 12.9 Å². The van der Waals surface area contributed by atoms with Gasteiger partial charge in [-0.2, -0.15) is 0 Å². The van der Waals surface area contributed by atoms with E-state index >= 15 is 0 Å². The van der Waals surface area contributed by atoms with Gasteiger partial charge in [0, 0.05) is 4.70 Å². The van der Waals surface area contributed by atoms with E-state index in [4.69, 9.17) is 0 Å². The van der Waals surface area contributed by atoms with Gasteiger partial charge in [-0.15, -0.1) is 16.8 Å². The molecule has 0 amide bonds. The van der Waals surface area contributed by atoms with Crippen LogP contribution in [0.25, 0.3) is 10.1 Å². The maximum atomic E-state index is 12.4.